The average molecular weight is 271 g/mol. The van der Waals surface area contributed by atoms with E-state index in [1.165, 1.54) is 29.2 Å². The van der Waals surface area contributed by atoms with Crippen LogP contribution in [0, 0.1) is 10.1 Å². The van der Waals surface area contributed by atoms with Crippen molar-refractivity contribution < 1.29 is 9.72 Å². The van der Waals surface area contributed by atoms with Crippen LogP contribution in [-0.4, -0.2) is 18.0 Å². The largest absolute Gasteiger partial charge is 0.326 e. The lowest BCUT2D eigenvalue weighted by atomic mass is 10.2. The molecule has 6 heteroatoms. The highest BCUT2D eigenvalue weighted by Crippen LogP contribution is 2.19. The highest BCUT2D eigenvalue weighted by Gasteiger charge is 2.12. The SMILES string of the molecule is CN(C(=O)Nc1ccccc1)c1ccc([N+](=O)[O-])cc1. The summed E-state index contributed by atoms with van der Waals surface area (Å²) >= 11 is 0. The number of nitrogens with zero attached hydrogens (tertiary/aromatic N) is 2. The van der Waals surface area contributed by atoms with Crippen molar-refractivity contribution in [3.63, 3.8) is 0 Å². The van der Waals surface area contributed by atoms with Gasteiger partial charge in [-0.2, -0.15) is 0 Å². The molecule has 0 radical (unpaired) electrons. The minimum absolute atomic E-state index is 0.00869. The maximum atomic E-state index is 12.0. The molecule has 0 aliphatic rings. The number of benzene rings is 2. The van der Waals surface area contributed by atoms with Gasteiger partial charge in [0.1, 0.15) is 0 Å². The summed E-state index contributed by atoms with van der Waals surface area (Å²) in [5.41, 5.74) is 1.25. The molecule has 0 atom stereocenters. The number of non-ortho nitro benzene ring substituents is 1. The molecule has 0 bridgehead atoms. The summed E-state index contributed by atoms with van der Waals surface area (Å²) in [7, 11) is 1.60. The summed E-state index contributed by atoms with van der Waals surface area (Å²) in [6.45, 7) is 0. The fourth-order valence-corrected chi connectivity index (χ4v) is 1.64. The highest BCUT2D eigenvalue weighted by atomic mass is 16.6. The van der Waals surface area contributed by atoms with Crippen molar-refractivity contribution in [1.29, 1.82) is 0 Å². The molecule has 0 spiro atoms. The van der Waals surface area contributed by atoms with Gasteiger partial charge in [0.25, 0.3) is 5.69 Å². The first kappa shape index (κ1) is 13.5. The maximum Gasteiger partial charge on any atom is 0.326 e. The second kappa shape index (κ2) is 5.83. The third-order valence-corrected chi connectivity index (χ3v) is 2.78. The molecule has 0 unspecified atom stereocenters. The Bertz CT molecular complexity index is 611. The molecule has 6 nitrogen and oxygen atoms in total. The molecule has 1 N–H and O–H groups in total. The first-order valence-electron chi connectivity index (χ1n) is 5.92. The Balaban J connectivity index is 2.08. The number of rotatable bonds is 3. The Morgan fingerprint density at radius 3 is 2.25 bits per heavy atom. The summed E-state index contributed by atoms with van der Waals surface area (Å²) in [6.07, 6.45) is 0. The Morgan fingerprint density at radius 1 is 1.10 bits per heavy atom. The van der Waals surface area contributed by atoms with Crippen LogP contribution in [0.2, 0.25) is 0 Å². The number of para-hydroxylation sites is 1. The lowest BCUT2D eigenvalue weighted by Gasteiger charge is -2.17. The van der Waals surface area contributed by atoms with Crippen molar-refractivity contribution >= 4 is 23.1 Å². The van der Waals surface area contributed by atoms with Gasteiger partial charge in [-0.25, -0.2) is 4.79 Å². The second-order valence-electron chi connectivity index (χ2n) is 4.13. The zero-order valence-electron chi connectivity index (χ0n) is 10.8. The summed E-state index contributed by atoms with van der Waals surface area (Å²) in [6, 6.07) is 14.5. The number of hydrogen-bond donors (Lipinski definition) is 1. The van der Waals surface area contributed by atoms with Crippen molar-refractivity contribution in [2.24, 2.45) is 0 Å². The van der Waals surface area contributed by atoms with Gasteiger partial charge in [-0.15, -0.1) is 0 Å². The molecule has 20 heavy (non-hydrogen) atoms. The van der Waals surface area contributed by atoms with E-state index in [9.17, 15) is 14.9 Å². The zero-order valence-corrected chi connectivity index (χ0v) is 10.8. The van der Waals surface area contributed by atoms with Crippen LogP contribution < -0.4 is 10.2 Å². The molecular weight excluding hydrogens is 258 g/mol. The average Bonchev–Trinajstić information content (AvgIpc) is 2.47. The summed E-state index contributed by atoms with van der Waals surface area (Å²) < 4.78 is 0. The van der Waals surface area contributed by atoms with Gasteiger partial charge in [0.15, 0.2) is 0 Å². The monoisotopic (exact) mass is 271 g/mol. The number of anilines is 2. The zero-order chi connectivity index (χ0) is 14.5. The van der Waals surface area contributed by atoms with E-state index < -0.39 is 4.92 Å². The summed E-state index contributed by atoms with van der Waals surface area (Å²) in [5, 5.41) is 13.3. The van der Waals surface area contributed by atoms with Crippen LogP contribution >= 0.6 is 0 Å². The van der Waals surface area contributed by atoms with Gasteiger partial charge in [0.05, 0.1) is 4.92 Å². The molecule has 2 amide bonds. The van der Waals surface area contributed by atoms with Crippen molar-refractivity contribution in [1.82, 2.24) is 0 Å². The topological polar surface area (TPSA) is 75.5 Å². The normalized spacial score (nSPS) is 9.85. The minimum Gasteiger partial charge on any atom is -0.308 e. The van der Waals surface area contributed by atoms with E-state index >= 15 is 0 Å². The number of nitrogens with one attached hydrogen (secondary N) is 1. The number of nitro groups is 1. The molecule has 102 valence electrons. The van der Waals surface area contributed by atoms with Crippen LogP contribution in [0.15, 0.2) is 54.6 Å². The molecule has 2 aromatic rings. The van der Waals surface area contributed by atoms with Crippen LogP contribution in [0.3, 0.4) is 0 Å². The van der Waals surface area contributed by atoms with E-state index in [2.05, 4.69) is 5.32 Å². The maximum absolute atomic E-state index is 12.0. The first-order chi connectivity index (χ1) is 9.58. The Labute approximate surface area is 115 Å². The van der Waals surface area contributed by atoms with Crippen LogP contribution in [0.4, 0.5) is 21.9 Å². The Kier molecular flexibility index (Phi) is 3.95. The molecule has 0 fully saturated rings. The molecule has 0 saturated carbocycles. The van der Waals surface area contributed by atoms with Gasteiger partial charge in [-0.3, -0.25) is 15.0 Å². The van der Waals surface area contributed by atoms with E-state index in [0.29, 0.717) is 11.4 Å². The fraction of sp³-hybridized carbons (Fsp3) is 0.0714. The Hall–Kier alpha value is -2.89. The van der Waals surface area contributed by atoms with E-state index in [1.807, 2.05) is 18.2 Å². The number of carbonyl (C=O) groups excluding carboxylic acids is 1. The van der Waals surface area contributed by atoms with E-state index in [4.69, 9.17) is 0 Å². The number of nitro benzene ring substituents is 1. The molecule has 2 rings (SSSR count). The van der Waals surface area contributed by atoms with E-state index in [1.54, 1.807) is 19.2 Å². The molecular formula is C14H13N3O3. The molecule has 0 aliphatic heterocycles. The lowest BCUT2D eigenvalue weighted by molar-refractivity contribution is -0.384. The molecule has 0 aliphatic carbocycles. The number of urea groups is 1. The summed E-state index contributed by atoms with van der Waals surface area (Å²) in [5.74, 6) is 0. The predicted molar refractivity (Wildman–Crippen MR) is 77.0 cm³/mol. The van der Waals surface area contributed by atoms with Crippen LogP contribution in [0.1, 0.15) is 0 Å². The predicted octanol–water partition coefficient (Wildman–Crippen LogP) is 3.26. The quantitative estimate of drug-likeness (QED) is 0.687. The Morgan fingerprint density at radius 2 is 1.70 bits per heavy atom. The van der Waals surface area contributed by atoms with Crippen molar-refractivity contribution in [3.05, 3.63) is 64.7 Å². The van der Waals surface area contributed by atoms with Gasteiger partial charge in [-0.05, 0) is 24.3 Å². The first-order valence-corrected chi connectivity index (χ1v) is 5.92. The molecule has 0 heterocycles. The summed E-state index contributed by atoms with van der Waals surface area (Å²) in [4.78, 5) is 23.5. The smallest absolute Gasteiger partial charge is 0.308 e. The standard InChI is InChI=1S/C14H13N3O3/c1-16(12-7-9-13(10-8-12)17(19)20)14(18)15-11-5-3-2-4-6-11/h2-10H,1H3,(H,15,18). The van der Waals surface area contributed by atoms with Gasteiger partial charge in [0.2, 0.25) is 0 Å². The van der Waals surface area contributed by atoms with Crippen LogP contribution in [0.25, 0.3) is 0 Å². The van der Waals surface area contributed by atoms with Gasteiger partial charge in [0, 0.05) is 30.6 Å². The fourth-order valence-electron chi connectivity index (χ4n) is 1.64. The van der Waals surface area contributed by atoms with E-state index in [0.717, 1.165) is 0 Å². The van der Waals surface area contributed by atoms with Crippen LogP contribution in [0.5, 0.6) is 0 Å². The lowest BCUT2D eigenvalue weighted by Crippen LogP contribution is -2.31. The van der Waals surface area contributed by atoms with Crippen molar-refractivity contribution in [2.75, 3.05) is 17.3 Å². The van der Waals surface area contributed by atoms with Gasteiger partial charge >= 0.3 is 6.03 Å². The van der Waals surface area contributed by atoms with Gasteiger partial charge < -0.3 is 5.32 Å². The van der Waals surface area contributed by atoms with Gasteiger partial charge in [-0.1, -0.05) is 18.2 Å². The number of amides is 2. The van der Waals surface area contributed by atoms with Crippen molar-refractivity contribution in [2.45, 2.75) is 0 Å². The number of hydrogen-bond acceptors (Lipinski definition) is 3. The molecule has 0 saturated heterocycles. The highest BCUT2D eigenvalue weighted by molar-refractivity contribution is 6.01. The minimum atomic E-state index is -0.478. The third kappa shape index (κ3) is 3.11. The number of carbonyl (C=O) groups is 1. The second-order valence-corrected chi connectivity index (χ2v) is 4.13. The van der Waals surface area contributed by atoms with Crippen molar-refractivity contribution in [3.8, 4) is 0 Å². The van der Waals surface area contributed by atoms with Crippen LogP contribution in [-0.2, 0) is 0 Å². The van der Waals surface area contributed by atoms with E-state index in [-0.39, 0.29) is 11.7 Å². The molecule has 2 aromatic carbocycles. The third-order valence-electron chi connectivity index (χ3n) is 2.78. The molecule has 0 aromatic heterocycles.